The molecule has 0 aliphatic carbocycles. The normalized spacial score (nSPS) is 13.8. The number of aromatic amines is 1. The highest BCUT2D eigenvalue weighted by Gasteiger charge is 2.18. The Morgan fingerprint density at radius 1 is 1.30 bits per heavy atom. The monoisotopic (exact) mass is 421 g/mol. The number of rotatable bonds is 7. The average molecular weight is 422 g/mol. The maximum Gasteiger partial charge on any atom is 0.260 e. The van der Waals surface area contributed by atoms with Crippen LogP contribution in [-0.4, -0.2) is 27.7 Å². The summed E-state index contributed by atoms with van der Waals surface area (Å²) >= 11 is 4.57. The number of fused-ring (bicyclic) bond motifs is 1. The van der Waals surface area contributed by atoms with Crippen molar-refractivity contribution in [3.63, 3.8) is 0 Å². The van der Waals surface area contributed by atoms with Crippen molar-refractivity contribution in [2.24, 2.45) is 5.92 Å². The van der Waals surface area contributed by atoms with Gasteiger partial charge in [0.25, 0.3) is 5.56 Å². The maximum atomic E-state index is 12.7. The van der Waals surface area contributed by atoms with Crippen LogP contribution in [0.4, 0.5) is 0 Å². The number of hydrogen-bond acceptors (Lipinski definition) is 6. The first-order valence-electron chi connectivity index (χ1n) is 8.83. The standard InChI is InChI=1S/C19H23N3O2S3/c1-10(2)11(3)20-15(23)9-26-12(4)17-21-18(24)16-13(8-27-19(16)22-17)14-6-5-7-25-14/h5-8,10-12H,9H2,1-4H3,(H,20,23)(H,21,22,24)/t11-,12+/m1/s1. The molecule has 2 atom stereocenters. The Labute approximate surface area is 170 Å². The summed E-state index contributed by atoms with van der Waals surface area (Å²) < 4.78 is 0. The van der Waals surface area contributed by atoms with Crippen LogP contribution < -0.4 is 10.9 Å². The van der Waals surface area contributed by atoms with Crippen LogP contribution in [0.2, 0.25) is 0 Å². The molecule has 0 fully saturated rings. The zero-order valence-electron chi connectivity index (χ0n) is 15.7. The van der Waals surface area contributed by atoms with E-state index < -0.39 is 0 Å². The van der Waals surface area contributed by atoms with Gasteiger partial charge in [-0.1, -0.05) is 19.9 Å². The minimum absolute atomic E-state index is 0.00702. The summed E-state index contributed by atoms with van der Waals surface area (Å²) in [5.41, 5.74) is 0.817. The van der Waals surface area contributed by atoms with Gasteiger partial charge in [-0.3, -0.25) is 9.59 Å². The third-order valence-electron chi connectivity index (χ3n) is 4.49. The SMILES string of the molecule is CC(C)[C@@H](C)NC(=O)CS[C@@H](C)c1nc2scc(-c3cccs3)c2c(=O)[nH]1. The van der Waals surface area contributed by atoms with Crippen LogP contribution in [0.1, 0.15) is 38.8 Å². The van der Waals surface area contributed by atoms with E-state index in [9.17, 15) is 9.59 Å². The van der Waals surface area contributed by atoms with Gasteiger partial charge in [0.2, 0.25) is 5.91 Å². The summed E-state index contributed by atoms with van der Waals surface area (Å²) in [6.07, 6.45) is 0. The van der Waals surface area contributed by atoms with Crippen LogP contribution >= 0.6 is 34.4 Å². The van der Waals surface area contributed by atoms with Crippen LogP contribution in [0.3, 0.4) is 0 Å². The topological polar surface area (TPSA) is 74.8 Å². The number of H-pyrrole nitrogens is 1. The minimum atomic E-state index is -0.120. The van der Waals surface area contributed by atoms with Crippen molar-refractivity contribution in [2.75, 3.05) is 5.75 Å². The van der Waals surface area contributed by atoms with Crippen LogP contribution in [0.15, 0.2) is 27.7 Å². The largest absolute Gasteiger partial charge is 0.353 e. The zero-order valence-corrected chi connectivity index (χ0v) is 18.2. The van der Waals surface area contributed by atoms with E-state index in [4.69, 9.17) is 0 Å². The molecule has 0 bridgehead atoms. The second kappa shape index (κ2) is 8.58. The number of thioether (sulfide) groups is 1. The molecule has 0 unspecified atom stereocenters. The predicted molar refractivity (Wildman–Crippen MR) is 117 cm³/mol. The first-order valence-corrected chi connectivity index (χ1v) is 11.6. The second-order valence-electron chi connectivity index (χ2n) is 6.81. The van der Waals surface area contributed by atoms with E-state index in [2.05, 4.69) is 29.1 Å². The van der Waals surface area contributed by atoms with Crippen molar-refractivity contribution in [1.29, 1.82) is 0 Å². The van der Waals surface area contributed by atoms with E-state index >= 15 is 0 Å². The quantitative estimate of drug-likeness (QED) is 0.581. The number of nitrogens with zero attached hydrogens (tertiary/aromatic N) is 1. The molecule has 2 N–H and O–H groups in total. The third kappa shape index (κ3) is 4.62. The Balaban J connectivity index is 1.74. The van der Waals surface area contributed by atoms with Crippen molar-refractivity contribution in [3.8, 4) is 10.4 Å². The van der Waals surface area contributed by atoms with Gasteiger partial charge >= 0.3 is 0 Å². The molecule has 0 saturated carbocycles. The van der Waals surface area contributed by atoms with Gasteiger partial charge in [-0.2, -0.15) is 0 Å². The Bertz CT molecular complexity index is 976. The first-order chi connectivity index (χ1) is 12.9. The third-order valence-corrected chi connectivity index (χ3v) is 7.41. The maximum absolute atomic E-state index is 12.7. The number of amides is 1. The zero-order chi connectivity index (χ0) is 19.6. The molecule has 0 saturated heterocycles. The molecule has 0 aliphatic heterocycles. The van der Waals surface area contributed by atoms with E-state index in [1.807, 2.05) is 36.7 Å². The van der Waals surface area contributed by atoms with Gasteiger partial charge in [0, 0.05) is 21.9 Å². The highest BCUT2D eigenvalue weighted by Crippen LogP contribution is 2.34. The van der Waals surface area contributed by atoms with E-state index in [1.165, 1.54) is 23.1 Å². The molecule has 3 aromatic rings. The molecular formula is C19H23N3O2S3. The fourth-order valence-electron chi connectivity index (χ4n) is 2.51. The summed E-state index contributed by atoms with van der Waals surface area (Å²) in [5, 5.41) is 7.55. The molecule has 8 heteroatoms. The summed E-state index contributed by atoms with van der Waals surface area (Å²) in [6.45, 7) is 8.12. The van der Waals surface area contributed by atoms with Gasteiger partial charge in [-0.05, 0) is 31.2 Å². The van der Waals surface area contributed by atoms with E-state index in [0.717, 1.165) is 15.3 Å². The lowest BCUT2D eigenvalue weighted by Gasteiger charge is -2.18. The molecule has 0 aromatic carbocycles. The molecule has 27 heavy (non-hydrogen) atoms. The number of carbonyl (C=O) groups excluding carboxylic acids is 1. The van der Waals surface area contributed by atoms with Crippen molar-refractivity contribution < 1.29 is 4.79 Å². The van der Waals surface area contributed by atoms with Gasteiger partial charge in [0.1, 0.15) is 10.7 Å². The lowest BCUT2D eigenvalue weighted by atomic mass is 10.1. The number of aromatic nitrogens is 2. The molecule has 0 radical (unpaired) electrons. The summed E-state index contributed by atoms with van der Waals surface area (Å²) in [5.74, 6) is 1.35. The first kappa shape index (κ1) is 20.1. The Kier molecular flexibility index (Phi) is 6.39. The summed E-state index contributed by atoms with van der Waals surface area (Å²) in [7, 11) is 0. The molecular weight excluding hydrogens is 398 g/mol. The molecule has 144 valence electrons. The van der Waals surface area contributed by atoms with Crippen LogP contribution in [0, 0.1) is 5.92 Å². The van der Waals surface area contributed by atoms with Gasteiger partial charge in [-0.15, -0.1) is 34.4 Å². The fourth-order valence-corrected chi connectivity index (χ4v) is 5.04. The summed E-state index contributed by atoms with van der Waals surface area (Å²) in [4.78, 5) is 34.1. The predicted octanol–water partition coefficient (Wildman–Crippen LogP) is 4.67. The fraction of sp³-hybridized carbons (Fsp3) is 0.421. The molecule has 0 aliphatic rings. The van der Waals surface area contributed by atoms with Gasteiger partial charge in [-0.25, -0.2) is 4.98 Å². The smallest absolute Gasteiger partial charge is 0.260 e. The average Bonchev–Trinajstić information content (AvgIpc) is 3.28. The number of carbonyl (C=O) groups is 1. The van der Waals surface area contributed by atoms with Crippen molar-refractivity contribution in [2.45, 2.75) is 39.0 Å². The van der Waals surface area contributed by atoms with Gasteiger partial charge < -0.3 is 10.3 Å². The molecule has 3 heterocycles. The lowest BCUT2D eigenvalue weighted by Crippen LogP contribution is -2.37. The molecule has 0 spiro atoms. The second-order valence-corrected chi connectivity index (χ2v) is 9.95. The van der Waals surface area contributed by atoms with Gasteiger partial charge in [0.15, 0.2) is 0 Å². The van der Waals surface area contributed by atoms with E-state index in [0.29, 0.717) is 22.9 Å². The van der Waals surface area contributed by atoms with Crippen LogP contribution in [0.5, 0.6) is 0 Å². The van der Waals surface area contributed by atoms with Crippen molar-refractivity contribution >= 4 is 50.6 Å². The number of hydrogen-bond donors (Lipinski definition) is 2. The van der Waals surface area contributed by atoms with Crippen LogP contribution in [-0.2, 0) is 4.79 Å². The van der Waals surface area contributed by atoms with E-state index in [-0.39, 0.29) is 22.8 Å². The number of nitrogens with one attached hydrogen (secondary N) is 2. The number of thiophene rings is 2. The van der Waals surface area contributed by atoms with Gasteiger partial charge in [0.05, 0.1) is 16.4 Å². The van der Waals surface area contributed by atoms with E-state index in [1.54, 1.807) is 11.3 Å². The minimum Gasteiger partial charge on any atom is -0.353 e. The summed E-state index contributed by atoms with van der Waals surface area (Å²) in [6, 6.07) is 4.13. The molecule has 3 rings (SSSR count). The van der Waals surface area contributed by atoms with Crippen molar-refractivity contribution in [3.05, 3.63) is 39.1 Å². The Morgan fingerprint density at radius 3 is 2.74 bits per heavy atom. The highest BCUT2D eigenvalue weighted by molar-refractivity contribution is 8.00. The highest BCUT2D eigenvalue weighted by atomic mass is 32.2. The lowest BCUT2D eigenvalue weighted by molar-refractivity contribution is -0.119. The molecule has 5 nitrogen and oxygen atoms in total. The Hall–Kier alpha value is -1.64. The van der Waals surface area contributed by atoms with Crippen LogP contribution in [0.25, 0.3) is 20.7 Å². The van der Waals surface area contributed by atoms with Crippen molar-refractivity contribution in [1.82, 2.24) is 15.3 Å². The Morgan fingerprint density at radius 2 is 2.07 bits per heavy atom. The molecule has 3 aromatic heterocycles. The molecule has 1 amide bonds.